The van der Waals surface area contributed by atoms with Gasteiger partial charge >= 0.3 is 6.03 Å². The Morgan fingerprint density at radius 3 is 2.70 bits per heavy atom. The van der Waals surface area contributed by atoms with E-state index in [-0.39, 0.29) is 19.2 Å². The van der Waals surface area contributed by atoms with Gasteiger partial charge in [0.05, 0.1) is 13.7 Å². The third kappa shape index (κ3) is 2.75. The van der Waals surface area contributed by atoms with Crippen LogP contribution < -0.4 is 19.5 Å². The predicted octanol–water partition coefficient (Wildman–Crippen LogP) is 2.70. The lowest BCUT2D eigenvalue weighted by Crippen LogP contribution is -2.40. The fourth-order valence-electron chi connectivity index (χ4n) is 3.45. The standard InChI is InChI=1S/C20H20N2O5/c1-12-4-6-15(25-3)13(8-12)10-22-18(23)20(2,21-19(22)24)14-5-7-16-17(9-14)27-11-26-16/h4-9H,10-11H2,1-3H3,(H,21,24). The molecule has 1 fully saturated rings. The number of rotatable bonds is 4. The Bertz CT molecular complexity index is 942. The zero-order chi connectivity index (χ0) is 19.2. The molecular formula is C20H20N2O5. The van der Waals surface area contributed by atoms with Crippen molar-refractivity contribution in [2.24, 2.45) is 0 Å². The molecule has 3 amide bonds. The van der Waals surface area contributed by atoms with Crippen LogP contribution >= 0.6 is 0 Å². The van der Waals surface area contributed by atoms with Crippen LogP contribution in [0.2, 0.25) is 0 Å². The summed E-state index contributed by atoms with van der Waals surface area (Å²) < 4.78 is 16.1. The Hall–Kier alpha value is -3.22. The van der Waals surface area contributed by atoms with Crippen molar-refractivity contribution in [2.75, 3.05) is 13.9 Å². The third-order valence-electron chi connectivity index (χ3n) is 4.99. The van der Waals surface area contributed by atoms with E-state index >= 15 is 0 Å². The molecular weight excluding hydrogens is 348 g/mol. The molecule has 0 aliphatic carbocycles. The second-order valence-electron chi connectivity index (χ2n) is 6.83. The van der Waals surface area contributed by atoms with E-state index in [4.69, 9.17) is 14.2 Å². The summed E-state index contributed by atoms with van der Waals surface area (Å²) in [5.74, 6) is 1.50. The maximum atomic E-state index is 13.2. The van der Waals surface area contributed by atoms with Crippen LogP contribution in [-0.4, -0.2) is 30.7 Å². The Labute approximate surface area is 156 Å². The molecule has 0 saturated carbocycles. The van der Waals surface area contributed by atoms with E-state index in [0.29, 0.717) is 22.8 Å². The molecule has 0 spiro atoms. The van der Waals surface area contributed by atoms with Gasteiger partial charge in [-0.2, -0.15) is 0 Å². The van der Waals surface area contributed by atoms with Crippen LogP contribution in [0.25, 0.3) is 0 Å². The number of fused-ring (bicyclic) bond motifs is 1. The highest BCUT2D eigenvalue weighted by Gasteiger charge is 2.49. The second-order valence-corrected chi connectivity index (χ2v) is 6.83. The Morgan fingerprint density at radius 2 is 1.93 bits per heavy atom. The maximum Gasteiger partial charge on any atom is 0.325 e. The lowest BCUT2D eigenvalue weighted by Gasteiger charge is -2.23. The quantitative estimate of drug-likeness (QED) is 0.840. The Morgan fingerprint density at radius 1 is 1.15 bits per heavy atom. The van der Waals surface area contributed by atoms with E-state index in [0.717, 1.165) is 11.1 Å². The minimum Gasteiger partial charge on any atom is -0.496 e. The van der Waals surface area contributed by atoms with Crippen molar-refractivity contribution in [3.8, 4) is 17.2 Å². The van der Waals surface area contributed by atoms with Crippen LogP contribution in [0.1, 0.15) is 23.6 Å². The largest absolute Gasteiger partial charge is 0.496 e. The lowest BCUT2D eigenvalue weighted by molar-refractivity contribution is -0.131. The third-order valence-corrected chi connectivity index (χ3v) is 4.99. The normalized spacial score (nSPS) is 20.8. The summed E-state index contributed by atoms with van der Waals surface area (Å²) >= 11 is 0. The van der Waals surface area contributed by atoms with E-state index in [1.54, 1.807) is 32.2 Å². The maximum absolute atomic E-state index is 13.2. The molecule has 1 unspecified atom stereocenters. The summed E-state index contributed by atoms with van der Waals surface area (Å²) in [6, 6.07) is 10.5. The number of hydrogen-bond acceptors (Lipinski definition) is 5. The monoisotopic (exact) mass is 368 g/mol. The van der Waals surface area contributed by atoms with Crippen LogP contribution in [0.3, 0.4) is 0 Å². The summed E-state index contributed by atoms with van der Waals surface area (Å²) in [5, 5.41) is 2.81. The molecule has 7 heteroatoms. The van der Waals surface area contributed by atoms with Gasteiger partial charge in [-0.3, -0.25) is 9.69 Å². The molecule has 1 atom stereocenters. The molecule has 2 aromatic rings. The van der Waals surface area contributed by atoms with Gasteiger partial charge in [-0.25, -0.2) is 4.79 Å². The number of nitrogens with one attached hydrogen (secondary N) is 1. The SMILES string of the molecule is COc1ccc(C)cc1CN1C(=O)NC(C)(c2ccc3c(c2)OCO3)C1=O. The molecule has 7 nitrogen and oxygen atoms in total. The fourth-order valence-corrected chi connectivity index (χ4v) is 3.45. The predicted molar refractivity (Wildman–Crippen MR) is 96.7 cm³/mol. The molecule has 0 bridgehead atoms. The lowest BCUT2D eigenvalue weighted by atomic mass is 9.91. The number of imide groups is 1. The van der Waals surface area contributed by atoms with Crippen LogP contribution in [0.15, 0.2) is 36.4 Å². The topological polar surface area (TPSA) is 77.1 Å². The summed E-state index contributed by atoms with van der Waals surface area (Å²) in [5.41, 5.74) is 1.27. The van der Waals surface area contributed by atoms with Gasteiger partial charge in [-0.15, -0.1) is 0 Å². The minimum absolute atomic E-state index is 0.135. The average molecular weight is 368 g/mol. The highest BCUT2D eigenvalue weighted by Crippen LogP contribution is 2.38. The molecule has 2 aromatic carbocycles. The first-order valence-corrected chi connectivity index (χ1v) is 8.60. The van der Waals surface area contributed by atoms with Gasteiger partial charge in [-0.05, 0) is 37.6 Å². The smallest absolute Gasteiger partial charge is 0.325 e. The Balaban J connectivity index is 1.65. The van der Waals surface area contributed by atoms with E-state index < -0.39 is 11.6 Å². The zero-order valence-corrected chi connectivity index (χ0v) is 15.4. The van der Waals surface area contributed by atoms with Crippen molar-refractivity contribution < 1.29 is 23.8 Å². The number of ether oxygens (including phenoxy) is 3. The number of carbonyl (C=O) groups is 2. The summed E-state index contributed by atoms with van der Waals surface area (Å²) in [6.07, 6.45) is 0. The first kappa shape index (κ1) is 17.2. The molecule has 2 aliphatic rings. The number of hydrogen-bond donors (Lipinski definition) is 1. The van der Waals surface area contributed by atoms with Crippen molar-refractivity contribution >= 4 is 11.9 Å². The number of nitrogens with zero attached hydrogens (tertiary/aromatic N) is 1. The van der Waals surface area contributed by atoms with E-state index in [2.05, 4.69) is 5.32 Å². The van der Waals surface area contributed by atoms with Crippen molar-refractivity contribution in [1.29, 1.82) is 0 Å². The molecule has 1 saturated heterocycles. The molecule has 1 N–H and O–H groups in total. The number of amides is 3. The van der Waals surface area contributed by atoms with Gasteiger partial charge in [-0.1, -0.05) is 23.8 Å². The fraction of sp³-hybridized carbons (Fsp3) is 0.300. The van der Waals surface area contributed by atoms with Gasteiger partial charge in [0.2, 0.25) is 6.79 Å². The number of urea groups is 1. The molecule has 27 heavy (non-hydrogen) atoms. The van der Waals surface area contributed by atoms with Gasteiger partial charge < -0.3 is 19.5 Å². The minimum atomic E-state index is -1.17. The summed E-state index contributed by atoms with van der Waals surface area (Å²) in [7, 11) is 1.57. The molecule has 4 rings (SSSR count). The highest BCUT2D eigenvalue weighted by atomic mass is 16.7. The van der Waals surface area contributed by atoms with Gasteiger partial charge in [0.25, 0.3) is 5.91 Å². The molecule has 0 radical (unpaired) electrons. The molecule has 2 heterocycles. The number of carbonyl (C=O) groups excluding carboxylic acids is 2. The van der Waals surface area contributed by atoms with E-state index in [1.807, 2.05) is 25.1 Å². The van der Waals surface area contributed by atoms with Gasteiger partial charge in [0.1, 0.15) is 11.3 Å². The number of benzene rings is 2. The van der Waals surface area contributed by atoms with Crippen LogP contribution in [0.4, 0.5) is 4.79 Å². The van der Waals surface area contributed by atoms with Gasteiger partial charge in [0.15, 0.2) is 11.5 Å². The highest BCUT2D eigenvalue weighted by molar-refractivity contribution is 6.07. The van der Waals surface area contributed by atoms with E-state index in [9.17, 15) is 9.59 Å². The van der Waals surface area contributed by atoms with Crippen molar-refractivity contribution in [3.05, 3.63) is 53.1 Å². The summed E-state index contributed by atoms with van der Waals surface area (Å²) in [4.78, 5) is 27.0. The molecule has 140 valence electrons. The first-order valence-electron chi connectivity index (χ1n) is 8.60. The van der Waals surface area contributed by atoms with Crippen LogP contribution in [-0.2, 0) is 16.9 Å². The molecule has 0 aromatic heterocycles. The number of aryl methyl sites for hydroxylation is 1. The van der Waals surface area contributed by atoms with E-state index in [1.165, 1.54) is 4.90 Å². The van der Waals surface area contributed by atoms with Crippen molar-refractivity contribution in [1.82, 2.24) is 10.2 Å². The molecule has 2 aliphatic heterocycles. The van der Waals surface area contributed by atoms with Crippen LogP contribution in [0.5, 0.6) is 17.2 Å². The van der Waals surface area contributed by atoms with Crippen LogP contribution in [0, 0.1) is 6.92 Å². The van der Waals surface area contributed by atoms with Gasteiger partial charge in [0, 0.05) is 5.56 Å². The first-order chi connectivity index (χ1) is 12.9. The zero-order valence-electron chi connectivity index (χ0n) is 15.4. The number of methoxy groups -OCH3 is 1. The van der Waals surface area contributed by atoms with Crippen molar-refractivity contribution in [2.45, 2.75) is 25.9 Å². The Kier molecular flexibility index (Phi) is 3.95. The second kappa shape index (κ2) is 6.19. The average Bonchev–Trinajstić information content (AvgIpc) is 3.20. The van der Waals surface area contributed by atoms with Crippen molar-refractivity contribution in [3.63, 3.8) is 0 Å². The summed E-state index contributed by atoms with van der Waals surface area (Å²) in [6.45, 7) is 3.93.